The Balaban J connectivity index is 1.90. The van der Waals surface area contributed by atoms with Gasteiger partial charge in [-0.05, 0) is 24.3 Å². The molecule has 18 heavy (non-hydrogen) atoms. The fraction of sp³-hybridized carbons (Fsp3) is 0.0769. The van der Waals surface area contributed by atoms with Gasteiger partial charge in [0.1, 0.15) is 0 Å². The second kappa shape index (κ2) is 4.37. The van der Waals surface area contributed by atoms with E-state index in [4.69, 9.17) is 5.73 Å². The summed E-state index contributed by atoms with van der Waals surface area (Å²) >= 11 is 0. The van der Waals surface area contributed by atoms with Gasteiger partial charge in [0.2, 0.25) is 0 Å². The number of nitrogens with one attached hydrogen (secondary N) is 2. The van der Waals surface area contributed by atoms with Gasteiger partial charge in [-0.3, -0.25) is 4.98 Å². The summed E-state index contributed by atoms with van der Waals surface area (Å²) in [6.45, 7) is 0.663. The number of aromatic nitrogens is 3. The predicted octanol–water partition coefficient (Wildman–Crippen LogP) is 2.15. The minimum Gasteiger partial charge on any atom is -0.397 e. The Bertz CT molecular complexity index is 660. The molecule has 1 aromatic carbocycles. The number of benzene rings is 1. The normalized spacial score (nSPS) is 10.7. The van der Waals surface area contributed by atoms with Crippen LogP contribution in [0, 0.1) is 0 Å². The fourth-order valence-electron chi connectivity index (χ4n) is 1.90. The number of pyridine rings is 1. The molecule has 0 aliphatic carbocycles. The summed E-state index contributed by atoms with van der Waals surface area (Å²) in [4.78, 5) is 11.3. The molecule has 5 nitrogen and oxygen atoms in total. The van der Waals surface area contributed by atoms with Crippen molar-refractivity contribution in [2.24, 2.45) is 0 Å². The third-order valence-electron chi connectivity index (χ3n) is 2.85. The Labute approximate surface area is 104 Å². The lowest BCUT2D eigenvalue weighted by Gasteiger charge is -2.10. The highest BCUT2D eigenvalue weighted by molar-refractivity contribution is 5.96. The van der Waals surface area contributed by atoms with E-state index in [1.54, 1.807) is 18.7 Å². The molecule has 3 aromatic rings. The minimum absolute atomic E-state index is 0.663. The monoisotopic (exact) mass is 239 g/mol. The van der Waals surface area contributed by atoms with Crippen molar-refractivity contribution in [1.29, 1.82) is 0 Å². The van der Waals surface area contributed by atoms with Gasteiger partial charge in [0.05, 0.1) is 35.5 Å². The van der Waals surface area contributed by atoms with Crippen molar-refractivity contribution in [3.63, 3.8) is 0 Å². The maximum atomic E-state index is 6.13. The second-order valence-corrected chi connectivity index (χ2v) is 4.03. The number of rotatable bonds is 3. The summed E-state index contributed by atoms with van der Waals surface area (Å²) in [5, 5.41) is 4.25. The van der Waals surface area contributed by atoms with Crippen molar-refractivity contribution in [2.45, 2.75) is 6.54 Å². The van der Waals surface area contributed by atoms with Gasteiger partial charge >= 0.3 is 0 Å². The molecule has 0 unspecified atom stereocenters. The van der Waals surface area contributed by atoms with Crippen LogP contribution in [0.2, 0.25) is 0 Å². The van der Waals surface area contributed by atoms with Gasteiger partial charge in [-0.1, -0.05) is 0 Å². The summed E-state index contributed by atoms with van der Waals surface area (Å²) in [5.74, 6) is 0. The first-order valence-corrected chi connectivity index (χ1v) is 5.69. The highest BCUT2D eigenvalue weighted by atomic mass is 14.9. The van der Waals surface area contributed by atoms with E-state index in [0.29, 0.717) is 6.54 Å². The molecule has 0 bridgehead atoms. The molecule has 2 heterocycles. The summed E-state index contributed by atoms with van der Waals surface area (Å²) in [6, 6.07) is 7.76. The predicted molar refractivity (Wildman–Crippen MR) is 72.1 cm³/mol. The molecule has 0 saturated carbocycles. The summed E-state index contributed by atoms with van der Waals surface area (Å²) < 4.78 is 0. The number of fused-ring (bicyclic) bond motifs is 1. The number of hydrogen-bond acceptors (Lipinski definition) is 4. The summed E-state index contributed by atoms with van der Waals surface area (Å²) in [5.41, 5.74) is 9.68. The number of imidazole rings is 1. The lowest BCUT2D eigenvalue weighted by atomic mass is 10.1. The molecule has 0 aliphatic rings. The van der Waals surface area contributed by atoms with E-state index in [-0.39, 0.29) is 0 Å². The van der Waals surface area contributed by atoms with E-state index in [2.05, 4.69) is 20.3 Å². The maximum Gasteiger partial charge on any atom is 0.0922 e. The molecular weight excluding hydrogens is 226 g/mol. The first-order valence-electron chi connectivity index (χ1n) is 5.69. The Hall–Kier alpha value is -2.56. The lowest BCUT2D eigenvalue weighted by Crippen LogP contribution is -2.03. The molecule has 90 valence electrons. The zero-order valence-corrected chi connectivity index (χ0v) is 9.72. The lowest BCUT2D eigenvalue weighted by molar-refractivity contribution is 1.08. The van der Waals surface area contributed by atoms with Crippen LogP contribution in [0.4, 0.5) is 11.4 Å². The Kier molecular flexibility index (Phi) is 2.57. The van der Waals surface area contributed by atoms with Crippen molar-refractivity contribution in [1.82, 2.24) is 15.0 Å². The van der Waals surface area contributed by atoms with E-state index in [9.17, 15) is 0 Å². The third-order valence-corrected chi connectivity index (χ3v) is 2.85. The highest BCUT2D eigenvalue weighted by Crippen LogP contribution is 2.27. The quantitative estimate of drug-likeness (QED) is 0.612. The number of hydrogen-bond donors (Lipinski definition) is 3. The second-order valence-electron chi connectivity index (χ2n) is 4.03. The molecule has 2 aromatic heterocycles. The van der Waals surface area contributed by atoms with Gasteiger partial charge in [0, 0.05) is 17.8 Å². The first kappa shape index (κ1) is 10.6. The van der Waals surface area contributed by atoms with Crippen molar-refractivity contribution in [3.05, 3.63) is 48.7 Å². The van der Waals surface area contributed by atoms with Crippen molar-refractivity contribution < 1.29 is 0 Å². The molecule has 0 amide bonds. The van der Waals surface area contributed by atoms with Crippen LogP contribution in [-0.2, 0) is 6.54 Å². The van der Waals surface area contributed by atoms with E-state index >= 15 is 0 Å². The number of aromatic amines is 1. The Morgan fingerprint density at radius 2 is 2.22 bits per heavy atom. The van der Waals surface area contributed by atoms with Crippen LogP contribution in [0.15, 0.2) is 43.0 Å². The standard InChI is InChI=1S/C13H13N5/c14-13-10-2-1-5-16-11(10)3-4-12(13)17-7-9-6-15-8-18-9/h1-6,8,17H,7,14H2,(H,15,18). The van der Waals surface area contributed by atoms with Gasteiger partial charge in [0.25, 0.3) is 0 Å². The molecule has 5 heteroatoms. The van der Waals surface area contributed by atoms with Gasteiger partial charge in [0.15, 0.2) is 0 Å². The zero-order valence-electron chi connectivity index (χ0n) is 9.72. The highest BCUT2D eigenvalue weighted by Gasteiger charge is 2.04. The molecule has 0 atom stereocenters. The molecule has 4 N–H and O–H groups in total. The third kappa shape index (κ3) is 1.86. The van der Waals surface area contributed by atoms with Gasteiger partial charge in [-0.15, -0.1) is 0 Å². The number of nitrogens with zero attached hydrogens (tertiary/aromatic N) is 2. The average molecular weight is 239 g/mol. The molecular formula is C13H13N5. The topological polar surface area (TPSA) is 79.6 Å². The smallest absolute Gasteiger partial charge is 0.0922 e. The molecule has 0 radical (unpaired) electrons. The van der Waals surface area contributed by atoms with Crippen molar-refractivity contribution >= 4 is 22.3 Å². The van der Waals surface area contributed by atoms with Gasteiger partial charge in [-0.2, -0.15) is 0 Å². The van der Waals surface area contributed by atoms with E-state index in [1.807, 2.05) is 24.3 Å². The van der Waals surface area contributed by atoms with Crippen LogP contribution in [0.25, 0.3) is 10.9 Å². The molecule has 0 aliphatic heterocycles. The SMILES string of the molecule is Nc1c(NCc2cnc[nH]2)ccc2ncccc12. The average Bonchev–Trinajstić information content (AvgIpc) is 2.91. The summed E-state index contributed by atoms with van der Waals surface area (Å²) in [7, 11) is 0. The zero-order chi connectivity index (χ0) is 12.4. The molecule has 0 fully saturated rings. The van der Waals surface area contributed by atoms with Crippen LogP contribution < -0.4 is 11.1 Å². The van der Waals surface area contributed by atoms with Crippen molar-refractivity contribution in [2.75, 3.05) is 11.1 Å². The number of nitrogen functional groups attached to an aromatic ring is 1. The molecule has 0 saturated heterocycles. The minimum atomic E-state index is 0.663. The Morgan fingerprint density at radius 3 is 3.06 bits per heavy atom. The number of nitrogens with two attached hydrogens (primary N) is 1. The van der Waals surface area contributed by atoms with Crippen LogP contribution >= 0.6 is 0 Å². The van der Waals surface area contributed by atoms with Crippen LogP contribution in [0.1, 0.15) is 5.69 Å². The van der Waals surface area contributed by atoms with Gasteiger partial charge in [-0.25, -0.2) is 4.98 Å². The summed E-state index contributed by atoms with van der Waals surface area (Å²) in [6.07, 6.45) is 5.20. The van der Waals surface area contributed by atoms with Crippen LogP contribution in [0.5, 0.6) is 0 Å². The molecule has 3 rings (SSSR count). The van der Waals surface area contributed by atoms with Crippen LogP contribution in [-0.4, -0.2) is 15.0 Å². The fourth-order valence-corrected chi connectivity index (χ4v) is 1.90. The number of anilines is 2. The van der Waals surface area contributed by atoms with Gasteiger partial charge < -0.3 is 16.0 Å². The largest absolute Gasteiger partial charge is 0.397 e. The van der Waals surface area contributed by atoms with E-state index in [0.717, 1.165) is 28.0 Å². The maximum absolute atomic E-state index is 6.13. The Morgan fingerprint density at radius 1 is 1.28 bits per heavy atom. The molecule has 0 spiro atoms. The van der Waals surface area contributed by atoms with E-state index in [1.165, 1.54) is 0 Å². The van der Waals surface area contributed by atoms with Crippen molar-refractivity contribution in [3.8, 4) is 0 Å². The van der Waals surface area contributed by atoms with Crippen LogP contribution in [0.3, 0.4) is 0 Å². The first-order chi connectivity index (χ1) is 8.84. The number of H-pyrrole nitrogens is 1. The van der Waals surface area contributed by atoms with E-state index < -0.39 is 0 Å².